The Kier molecular flexibility index (Phi) is 5.25. The Morgan fingerprint density at radius 3 is 2.74 bits per heavy atom. The quantitative estimate of drug-likeness (QED) is 0.351. The van der Waals surface area contributed by atoms with Crippen LogP contribution in [0.25, 0.3) is 0 Å². The number of aryl methyl sites for hydroxylation is 1. The van der Waals surface area contributed by atoms with E-state index in [1.54, 1.807) is 6.92 Å². The maximum Gasteiger partial charge on any atom is 0.340 e. The maximum atomic E-state index is 11.6. The zero-order chi connectivity index (χ0) is 14.4. The Morgan fingerprint density at radius 1 is 1.53 bits per heavy atom. The molecular formula is C12H16N2O5. The van der Waals surface area contributed by atoms with E-state index < -0.39 is 10.9 Å². The molecule has 1 rings (SSSR count). The summed E-state index contributed by atoms with van der Waals surface area (Å²) in [5, 5.41) is 22.5. The summed E-state index contributed by atoms with van der Waals surface area (Å²) >= 11 is 0. The van der Waals surface area contributed by atoms with Gasteiger partial charge in [0.1, 0.15) is 0 Å². The normalized spacial score (nSPS) is 10.1. The second-order valence-corrected chi connectivity index (χ2v) is 3.94. The van der Waals surface area contributed by atoms with E-state index in [4.69, 9.17) is 5.11 Å². The minimum atomic E-state index is -0.644. The number of nitro benzene ring substituents is 1. The van der Waals surface area contributed by atoms with Crippen molar-refractivity contribution in [1.82, 2.24) is 0 Å². The van der Waals surface area contributed by atoms with Gasteiger partial charge < -0.3 is 15.2 Å². The molecule has 0 fully saturated rings. The highest BCUT2D eigenvalue weighted by Crippen LogP contribution is 2.27. The maximum absolute atomic E-state index is 11.6. The average Bonchev–Trinajstić information content (AvgIpc) is 2.38. The Balaban J connectivity index is 3.16. The van der Waals surface area contributed by atoms with Gasteiger partial charge in [0.05, 0.1) is 17.6 Å². The minimum absolute atomic E-state index is 0.0204. The molecule has 0 saturated carbocycles. The van der Waals surface area contributed by atoms with Crippen molar-refractivity contribution in [3.8, 4) is 0 Å². The second-order valence-electron chi connectivity index (χ2n) is 3.94. The number of nitrogens with one attached hydrogen (secondary N) is 1. The van der Waals surface area contributed by atoms with Gasteiger partial charge in [-0.3, -0.25) is 10.1 Å². The summed E-state index contributed by atoms with van der Waals surface area (Å²) in [6.07, 6.45) is 0.511. The molecule has 0 saturated heterocycles. The summed E-state index contributed by atoms with van der Waals surface area (Å²) in [6, 6.07) is 2.73. The molecule has 0 atom stereocenters. The molecule has 7 heteroatoms. The summed E-state index contributed by atoms with van der Waals surface area (Å²) in [5.41, 5.74) is 0.887. The first-order chi connectivity index (χ1) is 9.01. The van der Waals surface area contributed by atoms with Gasteiger partial charge in [-0.2, -0.15) is 0 Å². The molecule has 0 radical (unpaired) electrons. The number of anilines is 1. The number of nitrogens with zero attached hydrogens (tertiary/aromatic N) is 1. The van der Waals surface area contributed by atoms with Gasteiger partial charge in [0, 0.05) is 30.5 Å². The van der Waals surface area contributed by atoms with Gasteiger partial charge >= 0.3 is 5.97 Å². The molecule has 0 heterocycles. The lowest BCUT2D eigenvalue weighted by Gasteiger charge is -2.11. The van der Waals surface area contributed by atoms with Crippen molar-refractivity contribution in [3.63, 3.8) is 0 Å². The van der Waals surface area contributed by atoms with Crippen LogP contribution >= 0.6 is 0 Å². The molecule has 1 aromatic rings. The number of ether oxygens (including phenoxy) is 1. The molecule has 0 aliphatic heterocycles. The van der Waals surface area contributed by atoms with E-state index in [2.05, 4.69) is 10.1 Å². The van der Waals surface area contributed by atoms with Gasteiger partial charge in [-0.25, -0.2) is 4.79 Å². The lowest BCUT2D eigenvalue weighted by Crippen LogP contribution is -2.11. The van der Waals surface area contributed by atoms with E-state index in [1.165, 1.54) is 19.2 Å². The minimum Gasteiger partial charge on any atom is -0.465 e. The molecule has 0 amide bonds. The number of methoxy groups -OCH3 is 1. The van der Waals surface area contributed by atoms with Gasteiger partial charge in [-0.05, 0) is 19.4 Å². The summed E-state index contributed by atoms with van der Waals surface area (Å²) in [6.45, 7) is 2.07. The number of hydrogen-bond donors (Lipinski definition) is 2. The number of nitro groups is 1. The highest BCUT2D eigenvalue weighted by atomic mass is 16.6. The predicted octanol–water partition coefficient (Wildman–Crippen LogP) is 1.48. The third-order valence-corrected chi connectivity index (χ3v) is 2.59. The van der Waals surface area contributed by atoms with Gasteiger partial charge in [-0.1, -0.05) is 0 Å². The molecule has 1 aromatic carbocycles. The fraction of sp³-hybridized carbons (Fsp3) is 0.417. The van der Waals surface area contributed by atoms with Crippen LogP contribution in [-0.4, -0.2) is 36.3 Å². The zero-order valence-corrected chi connectivity index (χ0v) is 10.8. The fourth-order valence-corrected chi connectivity index (χ4v) is 1.62. The first-order valence-electron chi connectivity index (χ1n) is 5.73. The van der Waals surface area contributed by atoms with Crippen LogP contribution in [0.5, 0.6) is 0 Å². The number of esters is 1. The van der Waals surface area contributed by atoms with Crippen molar-refractivity contribution in [2.75, 3.05) is 25.6 Å². The fourth-order valence-electron chi connectivity index (χ4n) is 1.62. The van der Waals surface area contributed by atoms with E-state index in [-0.39, 0.29) is 17.9 Å². The van der Waals surface area contributed by atoms with Crippen LogP contribution in [0, 0.1) is 17.0 Å². The summed E-state index contributed by atoms with van der Waals surface area (Å²) < 4.78 is 4.61. The SMILES string of the molecule is COC(=O)c1cc([N+](=O)[O-])c(C)cc1NCCCO. The molecule has 7 nitrogen and oxygen atoms in total. The lowest BCUT2D eigenvalue weighted by atomic mass is 10.1. The highest BCUT2D eigenvalue weighted by molar-refractivity contribution is 5.96. The molecule has 19 heavy (non-hydrogen) atoms. The number of carbonyl (C=O) groups is 1. The van der Waals surface area contributed by atoms with Crippen molar-refractivity contribution < 1.29 is 19.6 Å². The molecule has 0 spiro atoms. The summed E-state index contributed by atoms with van der Waals surface area (Å²) in [4.78, 5) is 21.9. The van der Waals surface area contributed by atoms with Crippen LogP contribution in [0.3, 0.4) is 0 Å². The first kappa shape index (κ1) is 14.9. The largest absolute Gasteiger partial charge is 0.465 e. The number of carbonyl (C=O) groups excluding carboxylic acids is 1. The number of rotatable bonds is 6. The molecule has 104 valence electrons. The van der Waals surface area contributed by atoms with E-state index in [1.807, 2.05) is 0 Å². The van der Waals surface area contributed by atoms with Crippen molar-refractivity contribution >= 4 is 17.3 Å². The molecule has 0 aromatic heterocycles. The zero-order valence-electron chi connectivity index (χ0n) is 10.8. The second kappa shape index (κ2) is 6.69. The molecule has 2 N–H and O–H groups in total. The van der Waals surface area contributed by atoms with Crippen molar-refractivity contribution in [3.05, 3.63) is 33.4 Å². The Bertz CT molecular complexity index is 487. The van der Waals surface area contributed by atoms with Gasteiger partial charge in [-0.15, -0.1) is 0 Å². The van der Waals surface area contributed by atoms with E-state index in [0.717, 1.165) is 0 Å². The first-order valence-corrected chi connectivity index (χ1v) is 5.73. The van der Waals surface area contributed by atoms with Crippen molar-refractivity contribution in [1.29, 1.82) is 0 Å². The van der Waals surface area contributed by atoms with Gasteiger partial charge in [0.2, 0.25) is 0 Å². The average molecular weight is 268 g/mol. The van der Waals surface area contributed by atoms with Gasteiger partial charge in [0.15, 0.2) is 0 Å². The third-order valence-electron chi connectivity index (χ3n) is 2.59. The van der Waals surface area contributed by atoms with Crippen LogP contribution in [0.15, 0.2) is 12.1 Å². The van der Waals surface area contributed by atoms with E-state index in [0.29, 0.717) is 24.2 Å². The van der Waals surface area contributed by atoms with Crippen molar-refractivity contribution in [2.24, 2.45) is 0 Å². The summed E-state index contributed by atoms with van der Waals surface area (Å²) in [5.74, 6) is -0.644. The topological polar surface area (TPSA) is 102 Å². The van der Waals surface area contributed by atoms with E-state index >= 15 is 0 Å². The standard InChI is InChI=1S/C12H16N2O5/c1-8-6-10(13-4-3-5-15)9(12(16)19-2)7-11(8)14(17)18/h6-7,13,15H,3-5H2,1-2H3. The van der Waals surface area contributed by atoms with Crippen molar-refractivity contribution in [2.45, 2.75) is 13.3 Å². The summed E-state index contributed by atoms with van der Waals surface area (Å²) in [7, 11) is 1.21. The Morgan fingerprint density at radius 2 is 2.21 bits per heavy atom. The molecule has 0 aliphatic rings. The number of benzene rings is 1. The monoisotopic (exact) mass is 268 g/mol. The Hall–Kier alpha value is -2.15. The lowest BCUT2D eigenvalue weighted by molar-refractivity contribution is -0.385. The van der Waals surface area contributed by atoms with Crippen LogP contribution in [-0.2, 0) is 4.74 Å². The molecule has 0 aliphatic carbocycles. The Labute approximate surface area is 110 Å². The number of aliphatic hydroxyl groups excluding tert-OH is 1. The molecule has 0 unspecified atom stereocenters. The highest BCUT2D eigenvalue weighted by Gasteiger charge is 2.20. The predicted molar refractivity (Wildman–Crippen MR) is 69.4 cm³/mol. The number of hydrogen-bond acceptors (Lipinski definition) is 6. The smallest absolute Gasteiger partial charge is 0.340 e. The van der Waals surface area contributed by atoms with Crippen LogP contribution in [0.1, 0.15) is 22.3 Å². The van der Waals surface area contributed by atoms with Gasteiger partial charge in [0.25, 0.3) is 5.69 Å². The molecular weight excluding hydrogens is 252 g/mol. The third kappa shape index (κ3) is 3.65. The van der Waals surface area contributed by atoms with E-state index in [9.17, 15) is 14.9 Å². The molecule has 0 bridgehead atoms. The number of aliphatic hydroxyl groups is 1. The van der Waals surface area contributed by atoms with Crippen LogP contribution < -0.4 is 5.32 Å². The van der Waals surface area contributed by atoms with Crippen LogP contribution in [0.2, 0.25) is 0 Å². The van der Waals surface area contributed by atoms with Crippen LogP contribution in [0.4, 0.5) is 11.4 Å².